The first kappa shape index (κ1) is 18.4. The van der Waals surface area contributed by atoms with Gasteiger partial charge in [0, 0.05) is 16.2 Å². The second kappa shape index (κ2) is 7.08. The second-order valence-electron chi connectivity index (χ2n) is 6.76. The number of benzene rings is 2. The highest BCUT2D eigenvalue weighted by Gasteiger charge is 2.46. The van der Waals surface area contributed by atoms with Crippen LogP contribution in [-0.2, 0) is 9.53 Å². The Morgan fingerprint density at radius 3 is 2.31 bits per heavy atom. The maximum atomic E-state index is 13.2. The summed E-state index contributed by atoms with van der Waals surface area (Å²) in [5, 5.41) is 0. The molecular weight excluding hydrogens is 394 g/mol. The number of amides is 1. The van der Waals surface area contributed by atoms with E-state index in [4.69, 9.17) is 4.74 Å². The van der Waals surface area contributed by atoms with E-state index in [-0.39, 0.29) is 11.9 Å². The number of nitrogens with zero attached hydrogens (tertiary/aromatic N) is 1. The van der Waals surface area contributed by atoms with Gasteiger partial charge >= 0.3 is 5.97 Å². The zero-order chi connectivity index (χ0) is 18.9. The topological polar surface area (TPSA) is 46.6 Å². The van der Waals surface area contributed by atoms with E-state index in [0.29, 0.717) is 5.56 Å². The van der Waals surface area contributed by atoms with Crippen LogP contribution in [0.15, 0.2) is 60.8 Å². The van der Waals surface area contributed by atoms with Gasteiger partial charge in [-0.15, -0.1) is 0 Å². The van der Waals surface area contributed by atoms with Crippen molar-refractivity contribution in [1.29, 1.82) is 0 Å². The van der Waals surface area contributed by atoms with Crippen molar-refractivity contribution in [1.82, 2.24) is 4.90 Å². The number of methoxy groups -OCH3 is 1. The Morgan fingerprint density at radius 2 is 1.65 bits per heavy atom. The van der Waals surface area contributed by atoms with Crippen LogP contribution >= 0.6 is 15.9 Å². The Hall–Kier alpha value is -2.40. The Balaban J connectivity index is 2.17. The molecule has 1 aliphatic heterocycles. The number of rotatable bonds is 3. The van der Waals surface area contributed by atoms with E-state index < -0.39 is 11.5 Å². The molecule has 0 radical (unpaired) electrons. The standard InChI is InChI=1S/C21H20BrNO3/c1-21(2,20(25)26-3)18-16-12-8-7-11-15(16)17(22)13-23(18)19(24)14-9-5-4-6-10-14/h4-13,18H,1-3H3. The lowest BCUT2D eigenvalue weighted by atomic mass is 9.76. The molecule has 0 N–H and O–H groups in total. The molecule has 1 unspecified atom stereocenters. The molecule has 0 bridgehead atoms. The molecule has 2 aromatic carbocycles. The van der Waals surface area contributed by atoms with Gasteiger partial charge in [-0.25, -0.2) is 0 Å². The van der Waals surface area contributed by atoms with Crippen LogP contribution in [0.1, 0.15) is 41.4 Å². The molecule has 0 fully saturated rings. The first-order chi connectivity index (χ1) is 12.4. The summed E-state index contributed by atoms with van der Waals surface area (Å²) in [5.74, 6) is -0.534. The van der Waals surface area contributed by atoms with Gasteiger partial charge in [-0.2, -0.15) is 0 Å². The van der Waals surface area contributed by atoms with Gasteiger partial charge in [0.05, 0.1) is 18.6 Å². The molecule has 1 heterocycles. The van der Waals surface area contributed by atoms with Crippen molar-refractivity contribution in [3.05, 3.63) is 77.5 Å². The molecule has 1 atom stereocenters. The van der Waals surface area contributed by atoms with E-state index in [2.05, 4.69) is 15.9 Å². The van der Waals surface area contributed by atoms with E-state index in [1.165, 1.54) is 7.11 Å². The molecule has 1 aliphatic rings. The zero-order valence-electron chi connectivity index (χ0n) is 14.9. The van der Waals surface area contributed by atoms with Gasteiger partial charge in [0.25, 0.3) is 5.91 Å². The number of carbonyl (C=O) groups is 2. The lowest BCUT2D eigenvalue weighted by Gasteiger charge is -2.42. The van der Waals surface area contributed by atoms with Crippen LogP contribution in [0, 0.1) is 5.41 Å². The fraction of sp³-hybridized carbons (Fsp3) is 0.238. The number of halogens is 1. The van der Waals surface area contributed by atoms with E-state index >= 15 is 0 Å². The van der Waals surface area contributed by atoms with E-state index in [1.54, 1.807) is 37.1 Å². The summed E-state index contributed by atoms with van der Waals surface area (Å²) < 4.78 is 5.83. The molecule has 0 saturated carbocycles. The van der Waals surface area contributed by atoms with Crippen molar-refractivity contribution >= 4 is 32.3 Å². The minimum absolute atomic E-state index is 0.168. The summed E-state index contributed by atoms with van der Waals surface area (Å²) in [5.41, 5.74) is 1.50. The van der Waals surface area contributed by atoms with Gasteiger partial charge < -0.3 is 9.64 Å². The van der Waals surface area contributed by atoms with Gasteiger partial charge in [-0.05, 0) is 53.0 Å². The van der Waals surface area contributed by atoms with Crippen molar-refractivity contribution in [2.24, 2.45) is 5.41 Å². The lowest BCUT2D eigenvalue weighted by Crippen LogP contribution is -2.45. The van der Waals surface area contributed by atoms with Crippen LogP contribution in [0.2, 0.25) is 0 Å². The molecule has 0 spiro atoms. The first-order valence-corrected chi connectivity index (χ1v) is 9.10. The molecule has 26 heavy (non-hydrogen) atoms. The summed E-state index contributed by atoms with van der Waals surface area (Å²) in [6.07, 6.45) is 1.76. The average molecular weight is 414 g/mol. The van der Waals surface area contributed by atoms with Crippen molar-refractivity contribution in [3.63, 3.8) is 0 Å². The number of hydrogen-bond acceptors (Lipinski definition) is 3. The van der Waals surface area contributed by atoms with E-state index in [0.717, 1.165) is 15.6 Å². The third kappa shape index (κ3) is 3.07. The molecule has 134 valence electrons. The molecule has 2 aromatic rings. The zero-order valence-corrected chi connectivity index (χ0v) is 16.5. The van der Waals surface area contributed by atoms with Gasteiger partial charge in [-0.1, -0.05) is 42.5 Å². The fourth-order valence-electron chi connectivity index (χ4n) is 3.39. The van der Waals surface area contributed by atoms with E-state index in [1.807, 2.05) is 42.5 Å². The highest BCUT2D eigenvalue weighted by molar-refractivity contribution is 9.15. The van der Waals surface area contributed by atoms with Crippen molar-refractivity contribution in [2.75, 3.05) is 7.11 Å². The number of ether oxygens (including phenoxy) is 1. The van der Waals surface area contributed by atoms with Gasteiger partial charge in [0.15, 0.2) is 0 Å². The Bertz CT molecular complexity index is 874. The summed E-state index contributed by atoms with van der Waals surface area (Å²) in [7, 11) is 1.37. The maximum absolute atomic E-state index is 13.2. The monoisotopic (exact) mass is 413 g/mol. The first-order valence-electron chi connectivity index (χ1n) is 8.30. The molecule has 1 amide bonds. The SMILES string of the molecule is COC(=O)C(C)(C)C1c2ccccc2C(Br)=CN1C(=O)c1ccccc1. The second-order valence-corrected chi connectivity index (χ2v) is 7.61. The number of fused-ring (bicyclic) bond motifs is 1. The molecule has 3 rings (SSSR count). The van der Waals surface area contributed by atoms with Gasteiger partial charge in [0.1, 0.15) is 0 Å². The third-order valence-corrected chi connectivity index (χ3v) is 5.33. The Labute approximate surface area is 161 Å². The minimum Gasteiger partial charge on any atom is -0.469 e. The molecule has 0 saturated heterocycles. The van der Waals surface area contributed by atoms with Crippen LogP contribution < -0.4 is 0 Å². The van der Waals surface area contributed by atoms with Crippen molar-refractivity contribution in [2.45, 2.75) is 19.9 Å². The smallest absolute Gasteiger partial charge is 0.313 e. The molecule has 0 aromatic heterocycles. The van der Waals surface area contributed by atoms with Crippen LogP contribution in [0.25, 0.3) is 4.48 Å². The quantitative estimate of drug-likeness (QED) is 0.680. The maximum Gasteiger partial charge on any atom is 0.313 e. The van der Waals surface area contributed by atoms with Crippen LogP contribution in [0.5, 0.6) is 0 Å². The number of hydrogen-bond donors (Lipinski definition) is 0. The number of esters is 1. The van der Waals surface area contributed by atoms with Gasteiger partial charge in [-0.3, -0.25) is 9.59 Å². The normalized spacial score (nSPS) is 16.5. The number of carbonyl (C=O) groups excluding carboxylic acids is 2. The van der Waals surface area contributed by atoms with Crippen molar-refractivity contribution in [3.8, 4) is 0 Å². The van der Waals surface area contributed by atoms with Crippen LogP contribution in [-0.4, -0.2) is 23.9 Å². The summed E-state index contributed by atoms with van der Waals surface area (Å²) in [6, 6.07) is 16.3. The molecule has 0 aliphatic carbocycles. The van der Waals surface area contributed by atoms with Crippen LogP contribution in [0.4, 0.5) is 0 Å². The van der Waals surface area contributed by atoms with E-state index in [9.17, 15) is 9.59 Å². The third-order valence-electron chi connectivity index (χ3n) is 4.69. The minimum atomic E-state index is -0.931. The largest absolute Gasteiger partial charge is 0.469 e. The highest BCUT2D eigenvalue weighted by Crippen LogP contribution is 2.47. The van der Waals surface area contributed by atoms with Crippen LogP contribution in [0.3, 0.4) is 0 Å². The molecule has 4 nitrogen and oxygen atoms in total. The molecule has 5 heteroatoms. The lowest BCUT2D eigenvalue weighted by molar-refractivity contribution is -0.154. The fourth-order valence-corrected chi connectivity index (χ4v) is 3.97. The summed E-state index contributed by atoms with van der Waals surface area (Å²) in [4.78, 5) is 27.4. The Morgan fingerprint density at radius 1 is 1.04 bits per heavy atom. The predicted octanol–water partition coefficient (Wildman–Crippen LogP) is 4.78. The molecular formula is C21H20BrNO3. The summed E-state index contributed by atoms with van der Waals surface area (Å²) >= 11 is 3.57. The highest BCUT2D eigenvalue weighted by atomic mass is 79.9. The summed E-state index contributed by atoms with van der Waals surface area (Å²) in [6.45, 7) is 3.61. The van der Waals surface area contributed by atoms with Gasteiger partial charge in [0.2, 0.25) is 0 Å². The average Bonchev–Trinajstić information content (AvgIpc) is 2.67. The van der Waals surface area contributed by atoms with Crippen molar-refractivity contribution < 1.29 is 14.3 Å². The predicted molar refractivity (Wildman–Crippen MR) is 104 cm³/mol. The Kier molecular flexibility index (Phi) is 5.01.